The van der Waals surface area contributed by atoms with Crippen molar-refractivity contribution in [1.29, 1.82) is 0 Å². The van der Waals surface area contributed by atoms with Gasteiger partial charge in [-0.05, 0) is 36.4 Å². The molecule has 0 bridgehead atoms. The van der Waals surface area contributed by atoms with Gasteiger partial charge in [-0.3, -0.25) is 9.78 Å². The second-order valence-corrected chi connectivity index (χ2v) is 5.09. The summed E-state index contributed by atoms with van der Waals surface area (Å²) >= 11 is 11.8. The molecule has 1 aromatic carbocycles. The highest BCUT2D eigenvalue weighted by Crippen LogP contribution is 2.23. The summed E-state index contributed by atoms with van der Waals surface area (Å²) in [7, 11) is 0. The van der Waals surface area contributed by atoms with E-state index in [0.717, 1.165) is 10.9 Å². The van der Waals surface area contributed by atoms with Gasteiger partial charge in [0.05, 0.1) is 16.2 Å². The van der Waals surface area contributed by atoms with Crippen LogP contribution in [0.2, 0.25) is 10.2 Å². The zero-order valence-electron chi connectivity index (χ0n) is 10.7. The van der Waals surface area contributed by atoms with Crippen LogP contribution in [0.1, 0.15) is 10.5 Å². The number of hydrogen-bond donors (Lipinski definition) is 1. The van der Waals surface area contributed by atoms with Gasteiger partial charge in [-0.2, -0.15) is 0 Å². The van der Waals surface area contributed by atoms with Crippen LogP contribution in [0, 0.1) is 0 Å². The topological polar surface area (TPSA) is 54.9 Å². The van der Waals surface area contributed by atoms with E-state index in [1.165, 1.54) is 12.1 Å². The summed E-state index contributed by atoms with van der Waals surface area (Å²) in [5.41, 5.74) is 1.52. The smallest absolute Gasteiger partial charge is 0.275 e. The Labute approximate surface area is 130 Å². The molecule has 0 radical (unpaired) electrons. The zero-order valence-corrected chi connectivity index (χ0v) is 12.2. The molecule has 0 fully saturated rings. The van der Waals surface area contributed by atoms with Crippen LogP contribution in [0.5, 0.6) is 0 Å². The highest BCUT2D eigenvalue weighted by molar-refractivity contribution is 6.35. The molecular formula is C15H9Cl2N3O. The van der Waals surface area contributed by atoms with Crippen LogP contribution < -0.4 is 5.32 Å². The minimum absolute atomic E-state index is 0.0880. The molecule has 3 aromatic rings. The number of rotatable bonds is 2. The molecule has 2 aromatic heterocycles. The van der Waals surface area contributed by atoms with Gasteiger partial charge in [-0.1, -0.05) is 29.3 Å². The number of nitrogens with zero attached hydrogens (tertiary/aromatic N) is 2. The summed E-state index contributed by atoms with van der Waals surface area (Å²) in [5, 5.41) is 4.08. The van der Waals surface area contributed by atoms with E-state index in [0.29, 0.717) is 5.69 Å². The van der Waals surface area contributed by atoms with Gasteiger partial charge in [0.25, 0.3) is 5.91 Å². The summed E-state index contributed by atoms with van der Waals surface area (Å²) in [4.78, 5) is 20.5. The number of halogens is 2. The number of aromatic nitrogens is 2. The van der Waals surface area contributed by atoms with Crippen LogP contribution >= 0.6 is 23.2 Å². The summed E-state index contributed by atoms with van der Waals surface area (Å²) < 4.78 is 0. The molecule has 0 aliphatic carbocycles. The number of amides is 1. The maximum atomic E-state index is 12.3. The van der Waals surface area contributed by atoms with Crippen LogP contribution in [0.25, 0.3) is 10.9 Å². The highest BCUT2D eigenvalue weighted by Gasteiger charge is 2.14. The Hall–Kier alpha value is -2.17. The van der Waals surface area contributed by atoms with Crippen molar-refractivity contribution in [2.24, 2.45) is 0 Å². The van der Waals surface area contributed by atoms with Gasteiger partial charge in [0, 0.05) is 11.6 Å². The molecule has 0 aliphatic heterocycles. The SMILES string of the molecule is O=C(Nc1cccc2ncccc12)c1nc(Cl)ccc1Cl. The molecule has 0 saturated heterocycles. The van der Waals surface area contributed by atoms with E-state index in [2.05, 4.69) is 15.3 Å². The van der Waals surface area contributed by atoms with E-state index >= 15 is 0 Å². The molecule has 0 spiro atoms. The van der Waals surface area contributed by atoms with Crippen LogP contribution in [-0.4, -0.2) is 15.9 Å². The number of anilines is 1. The standard InChI is InChI=1S/C15H9Cl2N3O/c16-10-6-7-13(17)20-14(10)15(21)19-12-5-1-4-11-9(12)3-2-8-18-11/h1-8H,(H,19,21). The number of fused-ring (bicyclic) bond motifs is 1. The van der Waals surface area contributed by atoms with Gasteiger partial charge >= 0.3 is 0 Å². The average Bonchev–Trinajstić information content (AvgIpc) is 2.50. The monoisotopic (exact) mass is 317 g/mol. The van der Waals surface area contributed by atoms with E-state index in [-0.39, 0.29) is 15.9 Å². The number of nitrogens with one attached hydrogen (secondary N) is 1. The first-order chi connectivity index (χ1) is 10.1. The number of pyridine rings is 2. The Morgan fingerprint density at radius 3 is 2.76 bits per heavy atom. The second-order valence-electron chi connectivity index (χ2n) is 4.29. The third kappa shape index (κ3) is 2.82. The minimum Gasteiger partial charge on any atom is -0.320 e. The summed E-state index contributed by atoms with van der Waals surface area (Å²) in [5.74, 6) is -0.418. The largest absolute Gasteiger partial charge is 0.320 e. The van der Waals surface area contributed by atoms with Gasteiger partial charge in [-0.25, -0.2) is 4.98 Å². The van der Waals surface area contributed by atoms with E-state index in [4.69, 9.17) is 23.2 Å². The molecule has 21 heavy (non-hydrogen) atoms. The number of benzene rings is 1. The van der Waals surface area contributed by atoms with E-state index in [9.17, 15) is 4.79 Å². The van der Waals surface area contributed by atoms with Crippen molar-refractivity contribution in [3.8, 4) is 0 Å². The highest BCUT2D eigenvalue weighted by atomic mass is 35.5. The molecule has 0 aliphatic rings. The first-order valence-corrected chi connectivity index (χ1v) is 6.88. The molecule has 0 saturated carbocycles. The first kappa shape index (κ1) is 13.8. The molecule has 3 rings (SSSR count). The molecule has 1 N–H and O–H groups in total. The van der Waals surface area contributed by atoms with Crippen molar-refractivity contribution in [2.45, 2.75) is 0 Å². The number of carbonyl (C=O) groups is 1. The lowest BCUT2D eigenvalue weighted by Crippen LogP contribution is -2.14. The molecule has 2 heterocycles. The van der Waals surface area contributed by atoms with Crippen molar-refractivity contribution in [2.75, 3.05) is 5.32 Å². The van der Waals surface area contributed by atoms with Gasteiger partial charge in [-0.15, -0.1) is 0 Å². The van der Waals surface area contributed by atoms with Crippen molar-refractivity contribution in [3.63, 3.8) is 0 Å². The average molecular weight is 318 g/mol. The zero-order chi connectivity index (χ0) is 14.8. The Morgan fingerprint density at radius 1 is 1.05 bits per heavy atom. The van der Waals surface area contributed by atoms with Crippen molar-refractivity contribution in [1.82, 2.24) is 9.97 Å². The lowest BCUT2D eigenvalue weighted by molar-refractivity contribution is 0.102. The van der Waals surface area contributed by atoms with Gasteiger partial charge < -0.3 is 5.32 Å². The Bertz CT molecular complexity index is 831. The minimum atomic E-state index is -0.418. The van der Waals surface area contributed by atoms with Crippen LogP contribution in [0.15, 0.2) is 48.7 Å². The molecule has 6 heteroatoms. The Kier molecular flexibility index (Phi) is 3.73. The van der Waals surface area contributed by atoms with E-state index < -0.39 is 5.91 Å². The molecule has 1 amide bonds. The van der Waals surface area contributed by atoms with Crippen molar-refractivity contribution < 1.29 is 4.79 Å². The third-order valence-electron chi connectivity index (χ3n) is 2.92. The fraction of sp³-hybridized carbons (Fsp3) is 0. The fourth-order valence-corrected chi connectivity index (χ4v) is 2.31. The Balaban J connectivity index is 1.99. The van der Waals surface area contributed by atoms with Crippen molar-refractivity contribution in [3.05, 3.63) is 64.5 Å². The number of hydrogen-bond acceptors (Lipinski definition) is 3. The first-order valence-electron chi connectivity index (χ1n) is 6.12. The molecular weight excluding hydrogens is 309 g/mol. The molecule has 0 atom stereocenters. The van der Waals surface area contributed by atoms with Crippen molar-refractivity contribution >= 4 is 45.7 Å². The van der Waals surface area contributed by atoms with Gasteiger partial charge in [0.2, 0.25) is 0 Å². The number of carbonyl (C=O) groups excluding carboxylic acids is 1. The normalized spacial score (nSPS) is 10.6. The fourth-order valence-electron chi connectivity index (χ4n) is 1.97. The third-order valence-corrected chi connectivity index (χ3v) is 3.44. The molecule has 4 nitrogen and oxygen atoms in total. The predicted octanol–water partition coefficient (Wildman–Crippen LogP) is 4.19. The van der Waals surface area contributed by atoms with Crippen LogP contribution in [0.3, 0.4) is 0 Å². The maximum absolute atomic E-state index is 12.3. The summed E-state index contributed by atoms with van der Waals surface area (Å²) in [6.45, 7) is 0. The van der Waals surface area contributed by atoms with Gasteiger partial charge in [0.15, 0.2) is 0 Å². The van der Waals surface area contributed by atoms with Crippen LogP contribution in [-0.2, 0) is 0 Å². The summed E-state index contributed by atoms with van der Waals surface area (Å²) in [6.07, 6.45) is 1.70. The molecule has 104 valence electrons. The quantitative estimate of drug-likeness (QED) is 0.721. The summed E-state index contributed by atoms with van der Waals surface area (Å²) in [6, 6.07) is 12.2. The van der Waals surface area contributed by atoms with Crippen LogP contribution in [0.4, 0.5) is 5.69 Å². The lowest BCUT2D eigenvalue weighted by Gasteiger charge is -2.09. The lowest BCUT2D eigenvalue weighted by atomic mass is 10.2. The predicted molar refractivity (Wildman–Crippen MR) is 84.0 cm³/mol. The van der Waals surface area contributed by atoms with Gasteiger partial charge in [0.1, 0.15) is 10.8 Å². The Morgan fingerprint density at radius 2 is 1.90 bits per heavy atom. The maximum Gasteiger partial charge on any atom is 0.275 e. The molecule has 0 unspecified atom stereocenters. The van der Waals surface area contributed by atoms with E-state index in [1.807, 2.05) is 24.3 Å². The van der Waals surface area contributed by atoms with E-state index in [1.54, 1.807) is 12.3 Å². The second kappa shape index (κ2) is 5.68.